The maximum absolute atomic E-state index is 12.7. The number of ether oxygens (including phenoxy) is 1. The molecule has 0 radical (unpaired) electrons. The van der Waals surface area contributed by atoms with E-state index in [1.807, 2.05) is 16.8 Å². The van der Waals surface area contributed by atoms with E-state index in [2.05, 4.69) is 44.6 Å². The number of amidine groups is 1. The van der Waals surface area contributed by atoms with Gasteiger partial charge in [0.1, 0.15) is 5.75 Å². The van der Waals surface area contributed by atoms with Gasteiger partial charge < -0.3 is 9.30 Å². The molecule has 0 aliphatic heterocycles. The summed E-state index contributed by atoms with van der Waals surface area (Å²) in [7, 11) is 0. The summed E-state index contributed by atoms with van der Waals surface area (Å²) in [4.78, 5) is 9.86. The highest BCUT2D eigenvalue weighted by Gasteiger charge is 2.29. The minimum Gasteiger partial charge on any atom is -0.483 e. The highest BCUT2D eigenvalue weighted by atomic mass is 32.1. The van der Waals surface area contributed by atoms with E-state index in [4.69, 9.17) is 4.74 Å². The second-order valence-corrected chi connectivity index (χ2v) is 9.56. The first-order valence-corrected chi connectivity index (χ1v) is 10.6. The van der Waals surface area contributed by atoms with Crippen molar-refractivity contribution in [3.05, 3.63) is 45.2 Å². The van der Waals surface area contributed by atoms with Crippen LogP contribution in [-0.2, 0) is 12.0 Å². The van der Waals surface area contributed by atoms with E-state index in [1.54, 1.807) is 6.19 Å². The Bertz CT molecular complexity index is 1140. The summed E-state index contributed by atoms with van der Waals surface area (Å²) in [6, 6.07) is 5.83. The maximum Gasteiger partial charge on any atom is 0.422 e. The van der Waals surface area contributed by atoms with Crippen LogP contribution in [-0.4, -0.2) is 23.2 Å². The average Bonchev–Trinajstić information content (AvgIpc) is 3.07. The molecule has 0 saturated heterocycles. The topological polar surface area (TPSA) is 86.5 Å². The third-order valence-electron chi connectivity index (χ3n) is 4.12. The lowest BCUT2D eigenvalue weighted by Crippen LogP contribution is -2.21. The first kappa shape index (κ1) is 25.2. The zero-order valence-corrected chi connectivity index (χ0v) is 19.3. The molecule has 0 aliphatic carbocycles. The molecule has 2 rings (SSSR count). The number of halogens is 3. The van der Waals surface area contributed by atoms with E-state index < -0.39 is 12.8 Å². The molecule has 0 saturated carbocycles. The van der Waals surface area contributed by atoms with Crippen molar-refractivity contribution in [3.63, 3.8) is 0 Å². The van der Waals surface area contributed by atoms with E-state index in [1.165, 1.54) is 29.5 Å². The number of hydrogen-bond donors (Lipinski definition) is 0. The molecule has 0 aliphatic rings. The Morgan fingerprint density at radius 1 is 1.22 bits per heavy atom. The number of benzene rings is 1. The molecule has 0 N–H and O–H groups in total. The van der Waals surface area contributed by atoms with Crippen molar-refractivity contribution >= 4 is 17.2 Å². The zero-order chi connectivity index (χ0) is 24.1. The van der Waals surface area contributed by atoms with Crippen LogP contribution in [0.15, 0.2) is 34.4 Å². The standard InChI is InChI=1S/C22H24F3N5OS/c1-14(2)10-30-11-18(21(3,4)5)32-20(30)29-19(28-13-27)16-8-15(9-26)6-7-17(16)31-12-22(23,24)25/h6-8,11,14H,10,12H2,1-5H3/b28-19?,29-20-. The minimum atomic E-state index is -4.55. The monoisotopic (exact) mass is 463 g/mol. The van der Waals surface area contributed by atoms with Crippen molar-refractivity contribution in [2.75, 3.05) is 6.61 Å². The van der Waals surface area contributed by atoms with Crippen LogP contribution in [0.4, 0.5) is 13.2 Å². The molecule has 2 aromatic rings. The molecular weight excluding hydrogens is 439 g/mol. The fourth-order valence-electron chi connectivity index (χ4n) is 2.68. The van der Waals surface area contributed by atoms with Gasteiger partial charge in [0, 0.05) is 17.6 Å². The Labute approximate surface area is 188 Å². The molecule has 1 aromatic heterocycles. The second-order valence-electron chi connectivity index (χ2n) is 8.55. The van der Waals surface area contributed by atoms with Crippen LogP contribution in [0.3, 0.4) is 0 Å². The van der Waals surface area contributed by atoms with Gasteiger partial charge in [-0.05, 0) is 29.5 Å². The molecule has 0 spiro atoms. The van der Waals surface area contributed by atoms with Gasteiger partial charge in [-0.15, -0.1) is 11.3 Å². The quantitative estimate of drug-likeness (QED) is 0.349. The van der Waals surface area contributed by atoms with Gasteiger partial charge in [-0.3, -0.25) is 0 Å². The van der Waals surface area contributed by atoms with Crippen molar-refractivity contribution in [2.45, 2.75) is 52.8 Å². The Kier molecular flexibility index (Phi) is 7.87. The molecule has 10 heteroatoms. The van der Waals surface area contributed by atoms with Gasteiger partial charge in [0.05, 0.1) is 17.2 Å². The van der Waals surface area contributed by atoms with Crippen LogP contribution in [0.25, 0.3) is 0 Å². The van der Waals surface area contributed by atoms with Gasteiger partial charge >= 0.3 is 6.18 Å². The lowest BCUT2D eigenvalue weighted by Gasteiger charge is -2.14. The van der Waals surface area contributed by atoms with Gasteiger partial charge in [0.25, 0.3) is 0 Å². The van der Waals surface area contributed by atoms with Crippen LogP contribution in [0, 0.1) is 28.7 Å². The Morgan fingerprint density at radius 2 is 1.91 bits per heavy atom. The number of rotatable bonds is 5. The molecule has 32 heavy (non-hydrogen) atoms. The van der Waals surface area contributed by atoms with Crippen molar-refractivity contribution in [3.8, 4) is 18.0 Å². The molecular formula is C22H24F3N5OS. The SMILES string of the molecule is CC(C)Cn1cc(C(C)(C)C)s/c1=N\C(=NC#N)c1cc(C#N)ccc1OCC(F)(F)F. The summed E-state index contributed by atoms with van der Waals surface area (Å²) in [6.07, 6.45) is -0.915. The van der Waals surface area contributed by atoms with Gasteiger partial charge in [0.2, 0.25) is 6.19 Å². The van der Waals surface area contributed by atoms with Gasteiger partial charge in [-0.1, -0.05) is 34.6 Å². The molecule has 170 valence electrons. The Balaban J connectivity index is 2.69. The average molecular weight is 464 g/mol. The number of nitrogens with zero attached hydrogens (tertiary/aromatic N) is 5. The molecule has 0 unspecified atom stereocenters. The van der Waals surface area contributed by atoms with Crippen molar-refractivity contribution in [2.24, 2.45) is 15.9 Å². The molecule has 6 nitrogen and oxygen atoms in total. The predicted molar refractivity (Wildman–Crippen MR) is 116 cm³/mol. The van der Waals surface area contributed by atoms with E-state index in [0.717, 1.165) is 4.88 Å². The first-order valence-electron chi connectivity index (χ1n) is 9.80. The number of aromatic nitrogens is 1. The fraction of sp³-hybridized carbons (Fsp3) is 0.455. The third-order valence-corrected chi connectivity index (χ3v) is 5.57. The summed E-state index contributed by atoms with van der Waals surface area (Å²) in [5.41, 5.74) is 0.0688. The van der Waals surface area contributed by atoms with E-state index in [0.29, 0.717) is 17.3 Å². The molecule has 1 aromatic carbocycles. The fourth-order valence-corrected chi connectivity index (χ4v) is 3.74. The summed E-state index contributed by atoms with van der Waals surface area (Å²) < 4.78 is 45.0. The number of aliphatic imine (C=N–C) groups is 1. The van der Waals surface area contributed by atoms with Crippen LogP contribution >= 0.6 is 11.3 Å². The van der Waals surface area contributed by atoms with Gasteiger partial charge in [0.15, 0.2) is 17.2 Å². The zero-order valence-electron chi connectivity index (χ0n) is 18.5. The first-order chi connectivity index (χ1) is 14.8. The Hall–Kier alpha value is -3.11. The summed E-state index contributed by atoms with van der Waals surface area (Å²) in [6.45, 7) is 9.42. The van der Waals surface area contributed by atoms with E-state index in [-0.39, 0.29) is 28.1 Å². The highest BCUT2D eigenvalue weighted by Crippen LogP contribution is 2.26. The van der Waals surface area contributed by atoms with Crippen molar-refractivity contribution < 1.29 is 17.9 Å². The number of hydrogen-bond acceptors (Lipinski definition) is 5. The maximum atomic E-state index is 12.7. The molecule has 0 fully saturated rings. The number of nitriles is 2. The minimum absolute atomic E-state index is 0.0386. The predicted octanol–water partition coefficient (Wildman–Crippen LogP) is 5.14. The van der Waals surface area contributed by atoms with Crippen LogP contribution in [0.2, 0.25) is 0 Å². The second kappa shape index (κ2) is 10.0. The smallest absolute Gasteiger partial charge is 0.422 e. The largest absolute Gasteiger partial charge is 0.483 e. The highest BCUT2D eigenvalue weighted by molar-refractivity contribution is 7.09. The Morgan fingerprint density at radius 3 is 2.44 bits per heavy atom. The van der Waals surface area contributed by atoms with Crippen molar-refractivity contribution in [1.82, 2.24) is 4.57 Å². The van der Waals surface area contributed by atoms with Gasteiger partial charge in [-0.2, -0.15) is 33.7 Å². The molecule has 0 bridgehead atoms. The molecule has 1 heterocycles. The lowest BCUT2D eigenvalue weighted by molar-refractivity contribution is -0.153. The van der Waals surface area contributed by atoms with Crippen LogP contribution in [0.1, 0.15) is 50.6 Å². The molecule has 0 amide bonds. The van der Waals surface area contributed by atoms with Gasteiger partial charge in [-0.25, -0.2) is 0 Å². The summed E-state index contributed by atoms with van der Waals surface area (Å²) in [5.74, 6) is 0.0176. The van der Waals surface area contributed by atoms with Crippen molar-refractivity contribution in [1.29, 1.82) is 10.5 Å². The van der Waals surface area contributed by atoms with E-state index in [9.17, 15) is 23.7 Å². The summed E-state index contributed by atoms with van der Waals surface area (Å²) >= 11 is 1.41. The molecule has 0 atom stereocenters. The third kappa shape index (κ3) is 6.96. The summed E-state index contributed by atoms with van der Waals surface area (Å²) in [5, 5.41) is 18.5. The number of alkyl halides is 3. The lowest BCUT2D eigenvalue weighted by atomic mass is 9.95. The normalized spacial score (nSPS) is 13.2. The van der Waals surface area contributed by atoms with Crippen LogP contribution in [0.5, 0.6) is 5.75 Å². The number of thiazole rings is 1. The van der Waals surface area contributed by atoms with Crippen LogP contribution < -0.4 is 9.54 Å². The van der Waals surface area contributed by atoms with E-state index >= 15 is 0 Å².